The molecule has 2 N–H and O–H groups in total. The van der Waals surface area contributed by atoms with Crippen LogP contribution in [0.15, 0.2) is 42.5 Å². The second-order valence-corrected chi connectivity index (χ2v) is 10.4. The summed E-state index contributed by atoms with van der Waals surface area (Å²) in [5.74, 6) is 0.162. The third-order valence-corrected chi connectivity index (χ3v) is 6.94. The first-order valence-corrected chi connectivity index (χ1v) is 13.3. The number of alkyl halides is 3. The van der Waals surface area contributed by atoms with Crippen LogP contribution in [0.5, 0.6) is 11.5 Å². The topological polar surface area (TPSA) is 91.3 Å². The highest BCUT2D eigenvalue weighted by molar-refractivity contribution is 5.91. The van der Waals surface area contributed by atoms with Crippen LogP contribution in [0.4, 0.5) is 18.9 Å². The summed E-state index contributed by atoms with van der Waals surface area (Å²) in [7, 11) is 3.60. The van der Waals surface area contributed by atoms with Gasteiger partial charge < -0.3 is 24.8 Å². The van der Waals surface area contributed by atoms with Crippen molar-refractivity contribution in [2.24, 2.45) is 5.92 Å². The second kappa shape index (κ2) is 13.8. The molecular formula is C29H38F3N3O5. The van der Waals surface area contributed by atoms with Crippen LogP contribution >= 0.6 is 0 Å². The molecule has 0 fully saturated rings. The molecule has 0 saturated heterocycles. The van der Waals surface area contributed by atoms with Crippen LogP contribution in [0.2, 0.25) is 0 Å². The quantitative estimate of drug-likeness (QED) is 0.448. The summed E-state index contributed by atoms with van der Waals surface area (Å²) in [5.41, 5.74) is 1.88. The molecule has 2 aromatic carbocycles. The molecule has 1 aliphatic rings. The lowest BCUT2D eigenvalue weighted by Gasteiger charge is -2.34. The molecule has 0 bridgehead atoms. The van der Waals surface area contributed by atoms with Gasteiger partial charge in [-0.2, -0.15) is 13.2 Å². The average molecular weight is 566 g/mol. The number of hydrogen-bond acceptors (Lipinski definition) is 6. The van der Waals surface area contributed by atoms with E-state index >= 15 is 0 Å². The number of carbonyl (C=O) groups is 2. The van der Waals surface area contributed by atoms with Crippen LogP contribution in [0, 0.1) is 5.92 Å². The van der Waals surface area contributed by atoms with Crippen molar-refractivity contribution < 1.29 is 37.3 Å². The number of amides is 2. The predicted octanol–water partition coefficient (Wildman–Crippen LogP) is 4.26. The lowest BCUT2D eigenvalue weighted by Crippen LogP contribution is -2.47. The summed E-state index contributed by atoms with van der Waals surface area (Å²) in [5, 5.41) is 12.3. The SMILES string of the molecule is COc1ccc(CN(C)C[C@H]2Oc3ccc(NC(=O)CCC(F)(F)F)cc3CC(=O)N([C@@H](C)CO)C[C@H]2C)cc1. The third-order valence-electron chi connectivity index (χ3n) is 6.94. The monoisotopic (exact) mass is 565 g/mol. The van der Waals surface area contributed by atoms with Crippen molar-refractivity contribution in [1.29, 1.82) is 0 Å². The Morgan fingerprint density at radius 1 is 1.25 bits per heavy atom. The Hall–Kier alpha value is -3.31. The fourth-order valence-corrected chi connectivity index (χ4v) is 4.62. The Labute approximate surface area is 233 Å². The summed E-state index contributed by atoms with van der Waals surface area (Å²) < 4.78 is 49.3. The number of benzene rings is 2. The molecule has 0 radical (unpaired) electrons. The van der Waals surface area contributed by atoms with Crippen molar-refractivity contribution in [3.05, 3.63) is 53.6 Å². The molecule has 0 spiro atoms. The highest BCUT2D eigenvalue weighted by atomic mass is 19.4. The molecule has 3 atom stereocenters. The minimum Gasteiger partial charge on any atom is -0.497 e. The fourth-order valence-electron chi connectivity index (χ4n) is 4.62. The highest BCUT2D eigenvalue weighted by Gasteiger charge is 2.31. The number of methoxy groups -OCH3 is 1. The van der Waals surface area contributed by atoms with Crippen LogP contribution in [-0.4, -0.2) is 78.9 Å². The van der Waals surface area contributed by atoms with Crippen molar-refractivity contribution >= 4 is 17.5 Å². The van der Waals surface area contributed by atoms with Gasteiger partial charge in [0.05, 0.1) is 32.6 Å². The number of anilines is 1. The Morgan fingerprint density at radius 2 is 1.95 bits per heavy atom. The molecule has 40 heavy (non-hydrogen) atoms. The number of carbonyl (C=O) groups excluding carboxylic acids is 2. The number of aliphatic hydroxyl groups is 1. The highest BCUT2D eigenvalue weighted by Crippen LogP contribution is 2.30. The molecule has 1 heterocycles. The number of fused-ring (bicyclic) bond motifs is 1. The van der Waals surface area contributed by atoms with E-state index in [2.05, 4.69) is 10.2 Å². The van der Waals surface area contributed by atoms with Gasteiger partial charge >= 0.3 is 6.18 Å². The Kier molecular flexibility index (Phi) is 10.8. The van der Waals surface area contributed by atoms with Crippen molar-refractivity contribution in [2.45, 2.75) is 58.0 Å². The number of hydrogen-bond donors (Lipinski definition) is 2. The maximum Gasteiger partial charge on any atom is 0.389 e. The lowest BCUT2D eigenvalue weighted by molar-refractivity contribution is -0.142. The molecule has 0 aliphatic carbocycles. The number of ether oxygens (including phenoxy) is 2. The van der Waals surface area contributed by atoms with Gasteiger partial charge in [-0.3, -0.25) is 14.5 Å². The Balaban J connectivity index is 1.83. The molecule has 8 nitrogen and oxygen atoms in total. The first-order valence-electron chi connectivity index (χ1n) is 13.3. The van der Waals surface area contributed by atoms with Gasteiger partial charge in [0, 0.05) is 43.2 Å². The van der Waals surface area contributed by atoms with Crippen molar-refractivity contribution in [3.63, 3.8) is 0 Å². The fraction of sp³-hybridized carbons (Fsp3) is 0.517. The normalized spacial score (nSPS) is 18.7. The Bertz CT molecular complexity index is 1140. The molecule has 11 heteroatoms. The second-order valence-electron chi connectivity index (χ2n) is 10.4. The van der Waals surface area contributed by atoms with Crippen LogP contribution in [0.1, 0.15) is 37.8 Å². The average Bonchev–Trinajstić information content (AvgIpc) is 2.94. The minimum atomic E-state index is -4.43. The van der Waals surface area contributed by atoms with E-state index in [-0.39, 0.29) is 36.6 Å². The van der Waals surface area contributed by atoms with Gasteiger partial charge in [0.2, 0.25) is 11.8 Å². The van der Waals surface area contributed by atoms with Crippen molar-refractivity contribution in [2.75, 3.05) is 39.2 Å². The molecule has 3 rings (SSSR count). The summed E-state index contributed by atoms with van der Waals surface area (Å²) in [6.45, 7) is 5.13. The van der Waals surface area contributed by atoms with E-state index < -0.39 is 31.0 Å². The Morgan fingerprint density at radius 3 is 2.58 bits per heavy atom. The first kappa shape index (κ1) is 31.2. The van der Waals surface area contributed by atoms with E-state index in [1.165, 1.54) is 0 Å². The van der Waals surface area contributed by atoms with Crippen molar-refractivity contribution in [3.8, 4) is 11.5 Å². The zero-order valence-corrected chi connectivity index (χ0v) is 23.3. The van der Waals surface area contributed by atoms with Gasteiger partial charge in [-0.25, -0.2) is 0 Å². The van der Waals surface area contributed by atoms with E-state index in [1.807, 2.05) is 38.2 Å². The molecule has 2 aromatic rings. The maximum absolute atomic E-state index is 13.3. The first-order chi connectivity index (χ1) is 18.9. The molecule has 0 saturated carbocycles. The number of aliphatic hydroxyl groups excluding tert-OH is 1. The van der Waals surface area contributed by atoms with Crippen LogP contribution in [0.3, 0.4) is 0 Å². The summed E-state index contributed by atoms with van der Waals surface area (Å²) in [6.07, 6.45) is -6.72. The van der Waals surface area contributed by atoms with Crippen molar-refractivity contribution in [1.82, 2.24) is 9.80 Å². The lowest BCUT2D eigenvalue weighted by atomic mass is 10.0. The van der Waals surface area contributed by atoms with E-state index in [1.54, 1.807) is 37.1 Å². The zero-order chi connectivity index (χ0) is 29.4. The van der Waals surface area contributed by atoms with Crippen LogP contribution < -0.4 is 14.8 Å². The van der Waals surface area contributed by atoms with E-state index in [9.17, 15) is 27.9 Å². The number of nitrogens with one attached hydrogen (secondary N) is 1. The number of nitrogens with zero attached hydrogens (tertiary/aromatic N) is 2. The number of rotatable bonds is 10. The molecular weight excluding hydrogens is 527 g/mol. The van der Waals surface area contributed by atoms with Gasteiger partial charge in [-0.05, 0) is 49.9 Å². The van der Waals surface area contributed by atoms with E-state index in [0.717, 1.165) is 11.3 Å². The van der Waals surface area contributed by atoms with Crippen LogP contribution in [0.25, 0.3) is 0 Å². The largest absolute Gasteiger partial charge is 0.497 e. The smallest absolute Gasteiger partial charge is 0.389 e. The number of halogens is 3. The zero-order valence-electron chi connectivity index (χ0n) is 23.3. The standard InChI is InChI=1S/C29H38F3N3O5/c1-19-15-35(20(2)18-36)28(38)14-22-13-23(33-27(37)11-12-29(30,31)32)7-10-25(22)40-26(19)17-34(3)16-21-5-8-24(39-4)9-6-21/h5-10,13,19-20,26,36H,11-12,14-18H2,1-4H3,(H,33,37)/t19-,20+,26-/m1/s1. The van der Waals surface area contributed by atoms with Gasteiger partial charge in [0.1, 0.15) is 17.6 Å². The van der Waals surface area contributed by atoms with Gasteiger partial charge in [0.25, 0.3) is 0 Å². The van der Waals surface area contributed by atoms with Gasteiger partial charge in [-0.15, -0.1) is 0 Å². The summed E-state index contributed by atoms with van der Waals surface area (Å²) >= 11 is 0. The minimum absolute atomic E-state index is 0.0485. The van der Waals surface area contributed by atoms with Gasteiger partial charge in [-0.1, -0.05) is 19.1 Å². The molecule has 0 unspecified atom stereocenters. The molecule has 220 valence electrons. The summed E-state index contributed by atoms with van der Waals surface area (Å²) in [6, 6.07) is 12.1. The van der Waals surface area contributed by atoms with E-state index in [0.29, 0.717) is 30.9 Å². The maximum atomic E-state index is 13.3. The van der Waals surface area contributed by atoms with Gasteiger partial charge in [0.15, 0.2) is 0 Å². The third kappa shape index (κ3) is 9.12. The van der Waals surface area contributed by atoms with Crippen LogP contribution in [-0.2, 0) is 22.6 Å². The van der Waals surface area contributed by atoms with E-state index in [4.69, 9.17) is 9.47 Å². The summed E-state index contributed by atoms with van der Waals surface area (Å²) in [4.78, 5) is 29.2. The molecule has 2 amide bonds. The molecule has 0 aromatic heterocycles. The number of likely N-dealkylation sites (N-methyl/N-ethyl adjacent to an activating group) is 1. The predicted molar refractivity (Wildman–Crippen MR) is 145 cm³/mol. The molecule has 1 aliphatic heterocycles.